The molecule has 419 valence electrons. The predicted octanol–water partition coefficient (Wildman–Crippen LogP) is 17.8. The van der Waals surface area contributed by atoms with E-state index in [0.717, 1.165) is 75.1 Å². The Morgan fingerprint density at radius 2 is 0.883 bits per heavy atom. The van der Waals surface area contributed by atoms with E-state index in [-0.39, 0.29) is 48.7 Å². The van der Waals surface area contributed by atoms with E-state index in [4.69, 9.17) is 5.26 Å². The molecule has 5 aliphatic carbocycles. The number of nitrogens with zero attached hydrogens (tertiary/aromatic N) is 1. The molecule has 3 aromatic carbocycles. The van der Waals surface area contributed by atoms with E-state index in [9.17, 15) is 69.9 Å². The van der Waals surface area contributed by atoms with Gasteiger partial charge in [-0.2, -0.15) is 57.9 Å². The molecule has 0 spiro atoms. The summed E-state index contributed by atoms with van der Waals surface area (Å²) in [5.74, 6) is 3.74. The fraction of sp³-hybridized carbons (Fsp3) is 0.382. The summed E-state index contributed by atoms with van der Waals surface area (Å²) in [5, 5.41) is 7.14. The molecule has 0 N–H and O–H groups in total. The van der Waals surface area contributed by atoms with Crippen LogP contribution in [0.4, 0.5) is 69.9 Å². The predicted molar refractivity (Wildman–Crippen MR) is 267 cm³/mol. The maximum atomic E-state index is 14.2. The van der Waals surface area contributed by atoms with Crippen molar-refractivity contribution in [2.45, 2.75) is 134 Å². The molecule has 5 saturated carbocycles. The zero-order chi connectivity index (χ0) is 55.9. The van der Waals surface area contributed by atoms with Crippen LogP contribution >= 0.6 is 15.8 Å². The molecule has 0 aromatic heterocycles. The largest absolute Gasteiger partial charge is 2.00 e. The Kier molecular flexibility index (Phi) is 29.7. The number of nitriles is 1. The van der Waals surface area contributed by atoms with Crippen molar-refractivity contribution >= 4 is 39.0 Å². The first kappa shape index (κ1) is 71.2. The molecule has 8 rings (SSSR count). The van der Waals surface area contributed by atoms with Crippen molar-refractivity contribution in [3.63, 3.8) is 0 Å². The average Bonchev–Trinajstić information content (AvgIpc) is 4.14. The quantitative estimate of drug-likeness (QED) is 0.125. The summed E-state index contributed by atoms with van der Waals surface area (Å²) in [6, 6.07) is 11.0. The van der Waals surface area contributed by atoms with E-state index in [0.29, 0.717) is 47.4 Å². The van der Waals surface area contributed by atoms with Gasteiger partial charge in [-0.3, -0.25) is 0 Å². The molecule has 1 nitrogen and oxygen atoms in total. The normalized spacial score (nSPS) is 19.0. The fourth-order valence-electron chi connectivity index (χ4n) is 9.31. The van der Waals surface area contributed by atoms with Gasteiger partial charge in [0, 0.05) is 12.8 Å². The molecule has 0 heterocycles. The van der Waals surface area contributed by atoms with E-state index in [1.165, 1.54) is 25.7 Å². The van der Waals surface area contributed by atoms with E-state index >= 15 is 0 Å². The number of benzene rings is 3. The van der Waals surface area contributed by atoms with E-state index in [2.05, 4.69) is 39.2 Å². The molecule has 5 fully saturated rings. The Labute approximate surface area is 470 Å². The van der Waals surface area contributed by atoms with Gasteiger partial charge in [0.15, 0.2) is 0 Å². The van der Waals surface area contributed by atoms with Gasteiger partial charge in [0.2, 0.25) is 0 Å². The van der Waals surface area contributed by atoms with Crippen LogP contribution in [0.15, 0.2) is 60.7 Å². The molecule has 0 amide bonds. The molecule has 3 aromatic rings. The Morgan fingerprint density at radius 1 is 0.545 bits per heavy atom. The third-order valence-electron chi connectivity index (χ3n) is 12.4. The van der Waals surface area contributed by atoms with E-state index in [1.807, 2.05) is 50.3 Å². The van der Waals surface area contributed by atoms with Gasteiger partial charge in [0.05, 0.1) is 28.3 Å². The van der Waals surface area contributed by atoms with Gasteiger partial charge in [0.25, 0.3) is 0 Å². The van der Waals surface area contributed by atoms with Crippen LogP contribution in [0.1, 0.15) is 120 Å². The second-order valence-corrected chi connectivity index (χ2v) is 23.4. The maximum Gasteiger partial charge on any atom is 2.00 e. The van der Waals surface area contributed by atoms with Crippen molar-refractivity contribution in [3.05, 3.63) is 183 Å². The van der Waals surface area contributed by atoms with Gasteiger partial charge >= 0.3 is 68.5 Å². The van der Waals surface area contributed by atoms with Crippen molar-refractivity contribution in [1.82, 2.24) is 0 Å². The summed E-state index contributed by atoms with van der Waals surface area (Å²) in [7, 11) is -9.48. The SMILES string of the molecule is CC#N.C[C@H]([C]1[CH][CH][CH][C]1c1ccccc1P(C1CCCCC1)C1CCCCC1)P(c1cc(C(F)(F)F)cc(C(F)(F)F)c1)c1cc(C(F)(F)F)cc(C(F)(F)F)c1.C[C]1[CH][CH][C](C)[CH]1.F[B-](F)(F)F.[CH]1[CH][CH][CH][CH]1.[Fe+2].[Ru+2]. The molecule has 5 aliphatic rings. The minimum Gasteiger partial charge on any atom is -0.418 e. The zero-order valence-corrected chi connectivity index (χ0v) is 46.7. The summed E-state index contributed by atoms with van der Waals surface area (Å²) in [5.41, 5.74) is -6.23. The fourth-order valence-corrected chi connectivity index (χ4v) is 16.1. The number of rotatable bonds is 8. The summed E-state index contributed by atoms with van der Waals surface area (Å²) in [6.07, 6.45) is 11.3. The van der Waals surface area contributed by atoms with Gasteiger partial charge in [-0.05, 0) is 197 Å². The van der Waals surface area contributed by atoms with Crippen molar-refractivity contribution in [2.24, 2.45) is 0 Å². The molecule has 0 unspecified atom stereocenters. The van der Waals surface area contributed by atoms with Crippen molar-refractivity contribution in [1.29, 1.82) is 5.26 Å². The van der Waals surface area contributed by atoms with Crippen LogP contribution in [-0.4, -0.2) is 24.2 Å². The van der Waals surface area contributed by atoms with Crippen molar-refractivity contribution in [3.8, 4) is 6.07 Å². The van der Waals surface area contributed by atoms with Gasteiger partial charge in [-0.15, -0.1) is 0 Å². The second kappa shape index (κ2) is 32.1. The first-order valence-corrected chi connectivity index (χ1v) is 26.9. The number of hydrogen-bond donors (Lipinski definition) is 0. The van der Waals surface area contributed by atoms with Crippen molar-refractivity contribution < 1.29 is 106 Å². The summed E-state index contributed by atoms with van der Waals surface area (Å²) in [6.45, 7) is 7.10. The first-order chi connectivity index (χ1) is 34.9. The molecule has 22 heteroatoms. The van der Waals surface area contributed by atoms with E-state index in [1.54, 1.807) is 25.3 Å². The minimum absolute atomic E-state index is 0. The van der Waals surface area contributed by atoms with Crippen LogP contribution in [0, 0.1) is 106 Å². The van der Waals surface area contributed by atoms with Gasteiger partial charge < -0.3 is 17.3 Å². The molecule has 77 heavy (non-hydrogen) atoms. The zero-order valence-electron chi connectivity index (χ0n) is 42.1. The van der Waals surface area contributed by atoms with Gasteiger partial charge in [-0.25, -0.2) is 0 Å². The monoisotopic (exact) mass is 1270 g/mol. The maximum absolute atomic E-state index is 14.2. The summed E-state index contributed by atoms with van der Waals surface area (Å²) in [4.78, 5) is 0. The summed E-state index contributed by atoms with van der Waals surface area (Å²) >= 11 is 0. The molecule has 1 atom stereocenters. The molecular weight excluding hydrogens is 1210 g/mol. The Bertz CT molecular complexity index is 2050. The van der Waals surface area contributed by atoms with Crippen LogP contribution in [0.5, 0.6) is 0 Å². The third kappa shape index (κ3) is 23.1. The minimum atomic E-state index is -6.00. The Balaban J connectivity index is 0.000000775. The van der Waals surface area contributed by atoms with Crippen LogP contribution in [-0.2, 0) is 61.3 Å². The smallest absolute Gasteiger partial charge is 0.418 e. The van der Waals surface area contributed by atoms with Gasteiger partial charge in [-0.1, -0.05) is 91.5 Å². The molecule has 15 radical (unpaired) electrons. The molecular formula is C55H56BF16FeNP2Ru+3. The Hall–Kier alpha value is -1.90. The van der Waals surface area contributed by atoms with E-state index < -0.39 is 86.3 Å². The number of alkyl halides is 12. The Morgan fingerprint density at radius 3 is 1.19 bits per heavy atom. The third-order valence-corrected chi connectivity index (χ3v) is 18.7. The standard InChI is InChI=1S/C41H39F12P2.C7H9.C5H5.C2H3N.BF4.Fe.Ru/c1-25(34-16-10-17-35(34)36-15-8-9-18-37(36)55(30-11-4-2-5-12-30)31-13-6-3-7-14-31)54(32-21-26(38(42,43)44)19-27(22-32)39(45,46)47)33-23-28(40(48,49)50)20-29(24-33)41(51,52)53;1-6-3-4-7(2)5-6;1-2-4-5-3-1;1-2-3;2-1(3,4)5;;/h8-10,15-25,30-31H,2-7,11-14H2,1H3;3-5H,1-2H3;1-5H;1H3;;;/q;;;;-1;2*+2/t25-;;;;;;/m1....../s1. The molecule has 0 saturated heterocycles. The van der Waals surface area contributed by atoms with Crippen LogP contribution in [0.3, 0.4) is 0 Å². The van der Waals surface area contributed by atoms with Crippen LogP contribution in [0.25, 0.3) is 0 Å². The molecule has 0 bridgehead atoms. The second-order valence-electron chi connectivity index (χ2n) is 18.1. The van der Waals surface area contributed by atoms with Crippen molar-refractivity contribution in [2.75, 3.05) is 0 Å². The summed E-state index contributed by atoms with van der Waals surface area (Å²) < 4.78 is 209. The average molecular weight is 1260 g/mol. The van der Waals surface area contributed by atoms with Crippen LogP contribution < -0.4 is 15.9 Å². The van der Waals surface area contributed by atoms with Crippen LogP contribution in [0.2, 0.25) is 0 Å². The molecule has 0 aliphatic heterocycles. The first-order valence-electron chi connectivity index (χ1n) is 24.0. The number of halogens is 16. The number of hydrogen-bond acceptors (Lipinski definition) is 1. The van der Waals surface area contributed by atoms with Gasteiger partial charge in [0.1, 0.15) is 0 Å². The topological polar surface area (TPSA) is 23.8 Å².